The van der Waals surface area contributed by atoms with Gasteiger partial charge in [0.05, 0.1) is 0 Å². The van der Waals surface area contributed by atoms with Gasteiger partial charge in [0.2, 0.25) is 0 Å². The summed E-state index contributed by atoms with van der Waals surface area (Å²) < 4.78 is 39.1. The highest BCUT2D eigenvalue weighted by atomic mass is 19.1. The summed E-state index contributed by atoms with van der Waals surface area (Å²) in [6, 6.07) is 0.611. The van der Waals surface area contributed by atoms with Crippen molar-refractivity contribution in [2.24, 2.45) is 5.73 Å². The van der Waals surface area contributed by atoms with Crippen molar-refractivity contribution in [3.8, 4) is 0 Å². The van der Waals surface area contributed by atoms with Gasteiger partial charge >= 0.3 is 0 Å². The normalized spacial score (nSPS) is 12.9. The standard InChI is InChI=1S/C11H14F3N/c1-2-3-4-10(15)11-8(13)5-7(12)6-9(11)14/h5-6,10H,2-4,15H2,1H3. The van der Waals surface area contributed by atoms with Crippen molar-refractivity contribution in [3.63, 3.8) is 0 Å². The average molecular weight is 217 g/mol. The lowest BCUT2D eigenvalue weighted by Gasteiger charge is -2.13. The first-order valence-corrected chi connectivity index (χ1v) is 4.96. The molecule has 0 spiro atoms. The molecule has 1 rings (SSSR count). The fraction of sp³-hybridized carbons (Fsp3) is 0.455. The molecule has 0 radical (unpaired) electrons. The van der Waals surface area contributed by atoms with E-state index in [2.05, 4.69) is 0 Å². The molecule has 2 N–H and O–H groups in total. The highest BCUT2D eigenvalue weighted by molar-refractivity contribution is 5.23. The van der Waals surface area contributed by atoms with Crippen molar-refractivity contribution >= 4 is 0 Å². The predicted octanol–water partition coefficient (Wildman–Crippen LogP) is 3.29. The molecule has 0 aliphatic carbocycles. The van der Waals surface area contributed by atoms with Crippen LogP contribution in [0.3, 0.4) is 0 Å². The third-order valence-electron chi connectivity index (χ3n) is 2.28. The second kappa shape index (κ2) is 5.16. The zero-order valence-corrected chi connectivity index (χ0v) is 8.56. The fourth-order valence-corrected chi connectivity index (χ4v) is 1.48. The first kappa shape index (κ1) is 12.0. The summed E-state index contributed by atoms with van der Waals surface area (Å²) in [7, 11) is 0. The first-order valence-electron chi connectivity index (χ1n) is 4.96. The van der Waals surface area contributed by atoms with Crippen molar-refractivity contribution < 1.29 is 13.2 Å². The number of hydrogen-bond donors (Lipinski definition) is 1. The Morgan fingerprint density at radius 3 is 2.20 bits per heavy atom. The highest BCUT2D eigenvalue weighted by Gasteiger charge is 2.17. The Morgan fingerprint density at radius 2 is 1.73 bits per heavy atom. The molecule has 84 valence electrons. The Bertz CT molecular complexity index is 316. The van der Waals surface area contributed by atoms with E-state index in [1.807, 2.05) is 6.92 Å². The predicted molar refractivity (Wildman–Crippen MR) is 52.8 cm³/mol. The molecule has 1 aromatic carbocycles. The first-order chi connectivity index (χ1) is 7.06. The SMILES string of the molecule is CCCCC(N)c1c(F)cc(F)cc1F. The maximum atomic E-state index is 13.2. The van der Waals surface area contributed by atoms with Crippen LogP contribution in [0.2, 0.25) is 0 Å². The van der Waals surface area contributed by atoms with E-state index in [0.29, 0.717) is 18.6 Å². The quantitative estimate of drug-likeness (QED) is 0.822. The van der Waals surface area contributed by atoms with E-state index in [1.165, 1.54) is 0 Å². The van der Waals surface area contributed by atoms with Crippen molar-refractivity contribution in [3.05, 3.63) is 35.1 Å². The summed E-state index contributed by atoms with van der Waals surface area (Å²) in [6.07, 6.45) is 2.19. The van der Waals surface area contributed by atoms with Crippen molar-refractivity contribution in [2.45, 2.75) is 32.2 Å². The minimum Gasteiger partial charge on any atom is -0.324 e. The molecule has 1 aromatic rings. The minimum absolute atomic E-state index is 0.218. The maximum Gasteiger partial charge on any atom is 0.133 e. The molecule has 0 saturated heterocycles. The molecule has 0 heterocycles. The summed E-state index contributed by atoms with van der Waals surface area (Å²) >= 11 is 0. The van der Waals surface area contributed by atoms with Crippen LogP contribution in [-0.2, 0) is 0 Å². The van der Waals surface area contributed by atoms with Crippen LogP contribution >= 0.6 is 0 Å². The van der Waals surface area contributed by atoms with E-state index in [1.54, 1.807) is 0 Å². The fourth-order valence-electron chi connectivity index (χ4n) is 1.48. The van der Waals surface area contributed by atoms with Crippen LogP contribution in [0.1, 0.15) is 37.8 Å². The van der Waals surface area contributed by atoms with E-state index < -0.39 is 23.5 Å². The summed E-state index contributed by atoms with van der Waals surface area (Å²) in [4.78, 5) is 0. The van der Waals surface area contributed by atoms with Crippen molar-refractivity contribution in [1.29, 1.82) is 0 Å². The molecule has 1 atom stereocenters. The second-order valence-electron chi connectivity index (χ2n) is 3.53. The molecular weight excluding hydrogens is 203 g/mol. The van der Waals surface area contributed by atoms with Gasteiger partial charge in [0.25, 0.3) is 0 Å². The number of rotatable bonds is 4. The monoisotopic (exact) mass is 217 g/mol. The van der Waals surface area contributed by atoms with E-state index in [9.17, 15) is 13.2 Å². The van der Waals surface area contributed by atoms with E-state index in [-0.39, 0.29) is 5.56 Å². The van der Waals surface area contributed by atoms with E-state index in [4.69, 9.17) is 5.73 Å². The summed E-state index contributed by atoms with van der Waals surface area (Å²) in [6.45, 7) is 1.96. The molecule has 1 unspecified atom stereocenters. The van der Waals surface area contributed by atoms with E-state index in [0.717, 1.165) is 12.8 Å². The Balaban J connectivity index is 2.92. The van der Waals surface area contributed by atoms with Crippen LogP contribution in [0.4, 0.5) is 13.2 Å². The number of hydrogen-bond acceptors (Lipinski definition) is 1. The molecule has 0 fully saturated rings. The lowest BCUT2D eigenvalue weighted by atomic mass is 10.0. The van der Waals surface area contributed by atoms with Crippen LogP contribution in [0, 0.1) is 17.5 Å². The van der Waals surface area contributed by atoms with Gasteiger partial charge in [0.1, 0.15) is 17.5 Å². The molecule has 0 saturated carbocycles. The molecule has 0 aromatic heterocycles. The van der Waals surface area contributed by atoms with Gasteiger partial charge in [-0.3, -0.25) is 0 Å². The third-order valence-corrected chi connectivity index (χ3v) is 2.28. The highest BCUT2D eigenvalue weighted by Crippen LogP contribution is 2.23. The maximum absolute atomic E-state index is 13.2. The van der Waals surface area contributed by atoms with Crippen LogP contribution in [-0.4, -0.2) is 0 Å². The number of unbranched alkanes of at least 4 members (excludes halogenated alkanes) is 1. The summed E-state index contributed by atoms with van der Waals surface area (Å²) in [5, 5.41) is 0. The van der Waals surface area contributed by atoms with E-state index >= 15 is 0 Å². The van der Waals surface area contributed by atoms with Gasteiger partial charge < -0.3 is 5.73 Å². The van der Waals surface area contributed by atoms with Crippen LogP contribution < -0.4 is 5.73 Å². The Hall–Kier alpha value is -1.03. The van der Waals surface area contributed by atoms with Crippen molar-refractivity contribution in [2.75, 3.05) is 0 Å². The van der Waals surface area contributed by atoms with Crippen LogP contribution in [0.15, 0.2) is 12.1 Å². The van der Waals surface area contributed by atoms with Crippen LogP contribution in [0.25, 0.3) is 0 Å². The minimum atomic E-state index is -0.920. The molecule has 0 bridgehead atoms. The summed E-state index contributed by atoms with van der Waals surface area (Å²) in [5.41, 5.74) is 5.41. The van der Waals surface area contributed by atoms with Crippen LogP contribution in [0.5, 0.6) is 0 Å². The molecule has 1 nitrogen and oxygen atoms in total. The van der Waals surface area contributed by atoms with Gasteiger partial charge in [-0.05, 0) is 6.42 Å². The van der Waals surface area contributed by atoms with Gasteiger partial charge in [-0.25, -0.2) is 13.2 Å². The zero-order chi connectivity index (χ0) is 11.4. The molecular formula is C11H14F3N. The molecule has 0 amide bonds. The topological polar surface area (TPSA) is 26.0 Å². The molecule has 15 heavy (non-hydrogen) atoms. The average Bonchev–Trinajstić information content (AvgIpc) is 2.12. The number of nitrogens with two attached hydrogens (primary N) is 1. The van der Waals surface area contributed by atoms with Gasteiger partial charge in [0.15, 0.2) is 0 Å². The third kappa shape index (κ3) is 2.96. The van der Waals surface area contributed by atoms with Gasteiger partial charge in [-0.2, -0.15) is 0 Å². The molecule has 4 heteroatoms. The molecule has 0 aliphatic heterocycles. The smallest absolute Gasteiger partial charge is 0.133 e. The Morgan fingerprint density at radius 1 is 1.20 bits per heavy atom. The molecule has 0 aliphatic rings. The van der Waals surface area contributed by atoms with Gasteiger partial charge in [-0.15, -0.1) is 0 Å². The zero-order valence-electron chi connectivity index (χ0n) is 8.56. The lowest BCUT2D eigenvalue weighted by Crippen LogP contribution is -2.14. The van der Waals surface area contributed by atoms with Gasteiger partial charge in [-0.1, -0.05) is 19.8 Å². The Labute approximate surface area is 87.1 Å². The Kier molecular flexibility index (Phi) is 4.15. The van der Waals surface area contributed by atoms with Gasteiger partial charge in [0, 0.05) is 23.7 Å². The summed E-state index contributed by atoms with van der Waals surface area (Å²) in [5.74, 6) is -2.73. The lowest BCUT2D eigenvalue weighted by molar-refractivity contribution is 0.486. The largest absolute Gasteiger partial charge is 0.324 e. The number of benzene rings is 1. The second-order valence-corrected chi connectivity index (χ2v) is 3.53. The number of halogens is 3. The van der Waals surface area contributed by atoms with Crippen molar-refractivity contribution in [1.82, 2.24) is 0 Å².